The van der Waals surface area contributed by atoms with Crippen molar-refractivity contribution in [2.75, 3.05) is 0 Å². The molecule has 2 atom stereocenters. The first kappa shape index (κ1) is 15.0. The van der Waals surface area contributed by atoms with Crippen molar-refractivity contribution in [3.05, 3.63) is 34.6 Å². The number of carbonyl (C=O) groups excluding carboxylic acids is 2. The lowest BCUT2D eigenvalue weighted by Crippen LogP contribution is -2.47. The third kappa shape index (κ3) is 2.50. The zero-order valence-electron chi connectivity index (χ0n) is 13.2. The van der Waals surface area contributed by atoms with Gasteiger partial charge in [0.15, 0.2) is 0 Å². The van der Waals surface area contributed by atoms with Gasteiger partial charge in [-0.2, -0.15) is 0 Å². The maximum atomic E-state index is 12.6. The molecule has 4 rings (SSSR count). The average Bonchev–Trinajstić information content (AvgIpc) is 2.86. The fraction of sp³-hybridized carbons (Fsp3) is 0.471. The molecule has 2 saturated heterocycles. The van der Waals surface area contributed by atoms with Gasteiger partial charge in [0.25, 0.3) is 5.56 Å². The lowest BCUT2D eigenvalue weighted by Gasteiger charge is -2.34. The number of Topliss-reactive ketones (excluding diaryl/α,β-unsaturated/α-hetero) is 1. The SMILES string of the molecule is O=C1CC2CCC(C1)N2C(=O)CCn1nnc2ccccc2c1=O. The normalized spacial score (nSPS) is 23.0. The molecule has 0 spiro atoms. The quantitative estimate of drug-likeness (QED) is 0.837. The van der Waals surface area contributed by atoms with Crippen molar-refractivity contribution in [3.8, 4) is 0 Å². The second-order valence-corrected chi connectivity index (χ2v) is 6.52. The van der Waals surface area contributed by atoms with Crippen molar-refractivity contribution in [1.29, 1.82) is 0 Å². The molecule has 1 aromatic heterocycles. The molecule has 1 amide bonds. The van der Waals surface area contributed by atoms with E-state index in [-0.39, 0.29) is 42.3 Å². The van der Waals surface area contributed by atoms with Gasteiger partial charge in [0.2, 0.25) is 5.91 Å². The molecule has 2 fully saturated rings. The molecule has 2 bridgehead atoms. The Labute approximate surface area is 138 Å². The molecule has 1 aromatic carbocycles. The van der Waals surface area contributed by atoms with Crippen LogP contribution in [0.3, 0.4) is 0 Å². The first-order chi connectivity index (χ1) is 11.6. The van der Waals surface area contributed by atoms with E-state index in [1.54, 1.807) is 24.3 Å². The molecule has 0 aliphatic carbocycles. The Morgan fingerprint density at radius 2 is 1.83 bits per heavy atom. The van der Waals surface area contributed by atoms with Crippen molar-refractivity contribution in [3.63, 3.8) is 0 Å². The summed E-state index contributed by atoms with van der Waals surface area (Å²) in [6.07, 6.45) is 2.94. The van der Waals surface area contributed by atoms with Crippen LogP contribution in [-0.4, -0.2) is 43.7 Å². The molecule has 0 radical (unpaired) electrons. The summed E-state index contributed by atoms with van der Waals surface area (Å²) >= 11 is 0. The lowest BCUT2D eigenvalue weighted by atomic mass is 10.0. The number of aromatic nitrogens is 3. The smallest absolute Gasteiger partial charge is 0.277 e. The van der Waals surface area contributed by atoms with Crippen molar-refractivity contribution in [2.45, 2.75) is 50.7 Å². The summed E-state index contributed by atoms with van der Waals surface area (Å²) in [5, 5.41) is 8.45. The Kier molecular flexibility index (Phi) is 3.63. The van der Waals surface area contributed by atoms with E-state index in [4.69, 9.17) is 0 Å². The van der Waals surface area contributed by atoms with Gasteiger partial charge < -0.3 is 4.90 Å². The Bertz CT molecular complexity index is 860. The van der Waals surface area contributed by atoms with E-state index >= 15 is 0 Å². The predicted octanol–water partition coefficient (Wildman–Crippen LogP) is 0.904. The van der Waals surface area contributed by atoms with Gasteiger partial charge in [-0.3, -0.25) is 14.4 Å². The molecule has 0 saturated carbocycles. The largest absolute Gasteiger partial charge is 0.336 e. The van der Waals surface area contributed by atoms with Gasteiger partial charge in [0.05, 0.1) is 11.9 Å². The second kappa shape index (κ2) is 5.81. The van der Waals surface area contributed by atoms with Gasteiger partial charge >= 0.3 is 0 Å². The summed E-state index contributed by atoms with van der Waals surface area (Å²) in [5.41, 5.74) is 0.322. The zero-order valence-corrected chi connectivity index (χ0v) is 13.2. The molecule has 2 aliphatic heterocycles. The van der Waals surface area contributed by atoms with Crippen LogP contribution in [0.5, 0.6) is 0 Å². The molecule has 124 valence electrons. The molecule has 7 nitrogen and oxygen atoms in total. The summed E-state index contributed by atoms with van der Waals surface area (Å²) in [6, 6.07) is 7.12. The van der Waals surface area contributed by atoms with Crippen LogP contribution < -0.4 is 5.56 Å². The first-order valence-corrected chi connectivity index (χ1v) is 8.29. The molecule has 24 heavy (non-hydrogen) atoms. The van der Waals surface area contributed by atoms with Crippen LogP contribution in [0.2, 0.25) is 0 Å². The number of rotatable bonds is 3. The highest BCUT2D eigenvalue weighted by molar-refractivity contribution is 5.85. The number of aryl methyl sites for hydroxylation is 1. The lowest BCUT2D eigenvalue weighted by molar-refractivity contribution is -0.139. The summed E-state index contributed by atoms with van der Waals surface area (Å²) in [5.74, 6) is 0.250. The number of ketones is 1. The second-order valence-electron chi connectivity index (χ2n) is 6.52. The molecule has 2 unspecified atom stereocenters. The third-order valence-electron chi connectivity index (χ3n) is 5.00. The number of amides is 1. The van der Waals surface area contributed by atoms with E-state index in [1.807, 2.05) is 4.90 Å². The van der Waals surface area contributed by atoms with Gasteiger partial charge in [-0.15, -0.1) is 5.10 Å². The summed E-state index contributed by atoms with van der Waals surface area (Å²) in [7, 11) is 0. The number of nitrogens with zero attached hydrogens (tertiary/aromatic N) is 4. The summed E-state index contributed by atoms with van der Waals surface area (Å²) in [6.45, 7) is 0.208. The summed E-state index contributed by atoms with van der Waals surface area (Å²) in [4.78, 5) is 38.5. The number of hydrogen-bond acceptors (Lipinski definition) is 5. The number of benzene rings is 1. The van der Waals surface area contributed by atoms with Crippen molar-refractivity contribution >= 4 is 22.6 Å². The van der Waals surface area contributed by atoms with Gasteiger partial charge in [-0.05, 0) is 25.0 Å². The highest BCUT2D eigenvalue weighted by atomic mass is 16.2. The van der Waals surface area contributed by atoms with Gasteiger partial charge in [-0.25, -0.2) is 4.68 Å². The summed E-state index contributed by atoms with van der Waals surface area (Å²) < 4.78 is 1.25. The minimum Gasteiger partial charge on any atom is -0.336 e. The van der Waals surface area contributed by atoms with E-state index in [0.717, 1.165) is 12.8 Å². The van der Waals surface area contributed by atoms with Gasteiger partial charge in [0.1, 0.15) is 11.3 Å². The molecular formula is C17H18N4O3. The Balaban J connectivity index is 1.49. The predicted molar refractivity (Wildman–Crippen MR) is 86.3 cm³/mol. The molecule has 2 aliphatic rings. The van der Waals surface area contributed by atoms with Crippen LogP contribution in [0, 0.1) is 0 Å². The van der Waals surface area contributed by atoms with Crippen molar-refractivity contribution in [2.24, 2.45) is 0 Å². The Morgan fingerprint density at radius 3 is 2.58 bits per heavy atom. The molecule has 3 heterocycles. The van der Waals surface area contributed by atoms with Crippen LogP contribution in [0.1, 0.15) is 32.1 Å². The fourth-order valence-electron chi connectivity index (χ4n) is 3.88. The van der Waals surface area contributed by atoms with Crippen LogP contribution in [0.4, 0.5) is 0 Å². The molecular weight excluding hydrogens is 308 g/mol. The van der Waals surface area contributed by atoms with Crippen molar-refractivity contribution in [1.82, 2.24) is 19.9 Å². The average molecular weight is 326 g/mol. The fourth-order valence-corrected chi connectivity index (χ4v) is 3.88. The van der Waals surface area contributed by atoms with Crippen LogP contribution in [0.15, 0.2) is 29.1 Å². The maximum absolute atomic E-state index is 12.6. The van der Waals surface area contributed by atoms with Crippen molar-refractivity contribution < 1.29 is 9.59 Å². The van der Waals surface area contributed by atoms with E-state index in [1.165, 1.54) is 4.68 Å². The molecule has 7 heteroatoms. The molecule has 0 N–H and O–H groups in total. The molecule has 2 aromatic rings. The highest BCUT2D eigenvalue weighted by Gasteiger charge is 2.42. The number of hydrogen-bond donors (Lipinski definition) is 0. The van der Waals surface area contributed by atoms with Gasteiger partial charge in [-0.1, -0.05) is 17.3 Å². The minimum atomic E-state index is -0.231. The first-order valence-electron chi connectivity index (χ1n) is 8.29. The van der Waals surface area contributed by atoms with E-state index in [2.05, 4.69) is 10.3 Å². The topological polar surface area (TPSA) is 85.2 Å². The van der Waals surface area contributed by atoms with E-state index in [0.29, 0.717) is 23.7 Å². The third-order valence-corrected chi connectivity index (χ3v) is 5.00. The maximum Gasteiger partial charge on any atom is 0.277 e. The number of piperidine rings is 1. The number of fused-ring (bicyclic) bond motifs is 3. The van der Waals surface area contributed by atoms with Gasteiger partial charge in [0, 0.05) is 31.3 Å². The highest BCUT2D eigenvalue weighted by Crippen LogP contribution is 2.34. The standard InChI is InChI=1S/C17H18N4O3/c22-13-9-11-5-6-12(10-13)21(11)16(23)7-8-20-17(24)14-3-1-2-4-15(14)18-19-20/h1-4,11-12H,5-10H2. The monoisotopic (exact) mass is 326 g/mol. The zero-order chi connectivity index (χ0) is 16.7. The Morgan fingerprint density at radius 1 is 1.12 bits per heavy atom. The minimum absolute atomic E-state index is 0.00291. The van der Waals surface area contributed by atoms with Crippen LogP contribution in [-0.2, 0) is 16.1 Å². The number of carbonyl (C=O) groups is 2. The Hall–Kier alpha value is -2.57. The van der Waals surface area contributed by atoms with Crippen LogP contribution >= 0.6 is 0 Å². The van der Waals surface area contributed by atoms with E-state index < -0.39 is 0 Å². The van der Waals surface area contributed by atoms with E-state index in [9.17, 15) is 14.4 Å². The van der Waals surface area contributed by atoms with Crippen LogP contribution in [0.25, 0.3) is 10.9 Å².